The van der Waals surface area contributed by atoms with E-state index in [-0.39, 0.29) is 5.82 Å². The van der Waals surface area contributed by atoms with Crippen LogP contribution in [0.25, 0.3) is 0 Å². The topological polar surface area (TPSA) is 17.1 Å². The minimum Gasteiger partial charge on any atom is -0.299 e. The summed E-state index contributed by atoms with van der Waals surface area (Å²) in [6, 6.07) is 4.78. The van der Waals surface area contributed by atoms with Crippen molar-refractivity contribution in [3.8, 4) is 0 Å². The van der Waals surface area contributed by atoms with Crippen molar-refractivity contribution in [1.29, 1.82) is 0 Å². The van der Waals surface area contributed by atoms with E-state index in [1.54, 1.807) is 0 Å². The normalized spacial score (nSPS) is 15.3. The minimum atomic E-state index is -0.252. The van der Waals surface area contributed by atoms with E-state index < -0.39 is 0 Å². The molecule has 15 heavy (non-hydrogen) atoms. The van der Waals surface area contributed by atoms with E-state index in [1.165, 1.54) is 12.1 Å². The number of halogens is 2. The van der Waals surface area contributed by atoms with Crippen LogP contribution in [0, 0.1) is 11.7 Å². The summed E-state index contributed by atoms with van der Waals surface area (Å²) in [5.74, 6) is 0.385. The van der Waals surface area contributed by atoms with E-state index in [0.29, 0.717) is 24.5 Å². The monoisotopic (exact) mass is 270 g/mol. The molecule has 0 saturated heterocycles. The third kappa shape index (κ3) is 3.13. The van der Waals surface area contributed by atoms with Crippen molar-refractivity contribution in [3.05, 3.63) is 34.1 Å². The molecule has 0 atom stereocenters. The van der Waals surface area contributed by atoms with Crippen molar-refractivity contribution in [2.75, 3.05) is 0 Å². The van der Waals surface area contributed by atoms with Crippen molar-refractivity contribution < 1.29 is 9.18 Å². The molecule has 0 spiro atoms. The van der Waals surface area contributed by atoms with Gasteiger partial charge in [-0.2, -0.15) is 0 Å². The molecule has 0 aromatic heterocycles. The van der Waals surface area contributed by atoms with Crippen LogP contribution in [0.2, 0.25) is 0 Å². The minimum absolute atomic E-state index is 0.252. The van der Waals surface area contributed by atoms with Crippen LogP contribution >= 0.6 is 15.9 Å². The molecule has 0 heterocycles. The van der Waals surface area contributed by atoms with Gasteiger partial charge in [-0.25, -0.2) is 4.39 Å². The second-order valence-corrected chi connectivity index (χ2v) is 4.93. The molecule has 0 N–H and O–H groups in total. The summed E-state index contributed by atoms with van der Waals surface area (Å²) in [7, 11) is 0. The molecule has 0 radical (unpaired) electrons. The first-order valence-electron chi connectivity index (χ1n) is 5.13. The fourth-order valence-electron chi connectivity index (χ4n) is 1.63. The predicted molar refractivity (Wildman–Crippen MR) is 60.2 cm³/mol. The molecule has 2 rings (SSSR count). The Kier molecular flexibility index (Phi) is 3.19. The van der Waals surface area contributed by atoms with Gasteiger partial charge in [0.2, 0.25) is 0 Å². The Labute approximate surface area is 96.8 Å². The van der Waals surface area contributed by atoms with E-state index in [1.807, 2.05) is 6.07 Å². The van der Waals surface area contributed by atoms with E-state index >= 15 is 0 Å². The van der Waals surface area contributed by atoms with E-state index in [9.17, 15) is 9.18 Å². The van der Waals surface area contributed by atoms with E-state index in [0.717, 1.165) is 22.9 Å². The average Bonchev–Trinajstić information content (AvgIpc) is 2.95. The highest BCUT2D eigenvalue weighted by atomic mass is 79.9. The summed E-state index contributed by atoms with van der Waals surface area (Å²) in [5, 5.41) is 0. The highest BCUT2D eigenvalue weighted by Gasteiger charge is 2.28. The standard InChI is InChI=1S/C12H12BrFO/c13-10-5-8(6-11(14)7-10)1-4-12(15)9-2-3-9/h5-7,9H,1-4H2. The Balaban J connectivity index is 1.94. The quantitative estimate of drug-likeness (QED) is 0.819. The first kappa shape index (κ1) is 10.8. The lowest BCUT2D eigenvalue weighted by atomic mass is 10.1. The van der Waals surface area contributed by atoms with E-state index in [4.69, 9.17) is 0 Å². The van der Waals surface area contributed by atoms with Crippen molar-refractivity contribution in [3.63, 3.8) is 0 Å². The fraction of sp³-hybridized carbons (Fsp3) is 0.417. The molecular formula is C12H12BrFO. The zero-order valence-corrected chi connectivity index (χ0v) is 9.89. The number of benzene rings is 1. The zero-order chi connectivity index (χ0) is 10.8. The van der Waals surface area contributed by atoms with Gasteiger partial charge in [-0.1, -0.05) is 15.9 Å². The zero-order valence-electron chi connectivity index (χ0n) is 8.30. The van der Waals surface area contributed by atoms with Crippen LogP contribution in [-0.4, -0.2) is 5.78 Å². The number of hydrogen-bond donors (Lipinski definition) is 0. The molecule has 3 heteroatoms. The summed E-state index contributed by atoms with van der Waals surface area (Å²) in [4.78, 5) is 11.4. The summed E-state index contributed by atoms with van der Waals surface area (Å²) in [6.45, 7) is 0. The maximum atomic E-state index is 13.0. The van der Waals surface area contributed by atoms with Gasteiger partial charge in [-0.3, -0.25) is 4.79 Å². The van der Waals surface area contributed by atoms with Crippen LogP contribution < -0.4 is 0 Å². The van der Waals surface area contributed by atoms with Gasteiger partial charge < -0.3 is 0 Å². The Morgan fingerprint density at radius 1 is 1.40 bits per heavy atom. The van der Waals surface area contributed by atoms with Gasteiger partial charge in [-0.15, -0.1) is 0 Å². The Bertz CT molecular complexity index is 365. The van der Waals surface area contributed by atoms with Gasteiger partial charge in [0.05, 0.1) is 0 Å². The molecule has 1 aliphatic carbocycles. The number of rotatable bonds is 4. The molecule has 0 bridgehead atoms. The highest BCUT2D eigenvalue weighted by molar-refractivity contribution is 9.10. The molecule has 0 amide bonds. The molecule has 1 aromatic rings. The fourth-order valence-corrected chi connectivity index (χ4v) is 2.14. The second kappa shape index (κ2) is 4.44. The van der Waals surface area contributed by atoms with Crippen LogP contribution in [0.3, 0.4) is 0 Å². The first-order valence-corrected chi connectivity index (χ1v) is 5.92. The molecule has 1 fully saturated rings. The second-order valence-electron chi connectivity index (χ2n) is 4.02. The molecule has 1 aliphatic rings. The molecular weight excluding hydrogens is 259 g/mol. The molecule has 80 valence electrons. The lowest BCUT2D eigenvalue weighted by Crippen LogP contribution is -2.02. The van der Waals surface area contributed by atoms with Crippen LogP contribution in [0.5, 0.6) is 0 Å². The summed E-state index contributed by atoms with van der Waals surface area (Å²) < 4.78 is 13.7. The van der Waals surface area contributed by atoms with Gasteiger partial charge in [0.1, 0.15) is 11.6 Å². The predicted octanol–water partition coefficient (Wildman–Crippen LogP) is 3.50. The van der Waals surface area contributed by atoms with Crippen molar-refractivity contribution in [1.82, 2.24) is 0 Å². The summed E-state index contributed by atoms with van der Waals surface area (Å²) >= 11 is 3.24. The largest absolute Gasteiger partial charge is 0.299 e. The molecule has 0 unspecified atom stereocenters. The van der Waals surface area contributed by atoms with Gasteiger partial charge in [0.25, 0.3) is 0 Å². The summed E-state index contributed by atoms with van der Waals surface area (Å²) in [6.07, 6.45) is 3.28. The Morgan fingerprint density at radius 2 is 2.13 bits per heavy atom. The lowest BCUT2D eigenvalue weighted by molar-refractivity contribution is -0.120. The third-order valence-electron chi connectivity index (χ3n) is 2.62. The van der Waals surface area contributed by atoms with Crippen LogP contribution in [0.15, 0.2) is 22.7 Å². The SMILES string of the molecule is O=C(CCc1cc(F)cc(Br)c1)C1CC1. The average molecular weight is 271 g/mol. The number of carbonyl (C=O) groups is 1. The Hall–Kier alpha value is -0.700. The highest BCUT2D eigenvalue weighted by Crippen LogP contribution is 2.31. The van der Waals surface area contributed by atoms with Crippen LogP contribution in [0.4, 0.5) is 4.39 Å². The van der Waals surface area contributed by atoms with Crippen LogP contribution in [-0.2, 0) is 11.2 Å². The molecule has 1 nitrogen and oxygen atoms in total. The van der Waals surface area contributed by atoms with Gasteiger partial charge in [0, 0.05) is 16.8 Å². The number of carbonyl (C=O) groups excluding carboxylic acids is 1. The molecule has 1 saturated carbocycles. The van der Waals surface area contributed by atoms with E-state index in [2.05, 4.69) is 15.9 Å². The van der Waals surface area contributed by atoms with Crippen molar-refractivity contribution in [2.24, 2.45) is 5.92 Å². The summed E-state index contributed by atoms with van der Waals surface area (Å²) in [5.41, 5.74) is 0.885. The molecule has 0 aliphatic heterocycles. The van der Waals surface area contributed by atoms with Gasteiger partial charge in [-0.05, 0) is 43.0 Å². The maximum Gasteiger partial charge on any atom is 0.136 e. The number of Topliss-reactive ketones (excluding diaryl/α,β-unsaturated/α-hetero) is 1. The van der Waals surface area contributed by atoms with Gasteiger partial charge in [0.15, 0.2) is 0 Å². The number of aryl methyl sites for hydroxylation is 1. The lowest BCUT2D eigenvalue weighted by Gasteiger charge is -2.02. The Morgan fingerprint density at radius 3 is 2.73 bits per heavy atom. The molecule has 1 aromatic carbocycles. The number of ketones is 1. The van der Waals surface area contributed by atoms with Crippen LogP contribution in [0.1, 0.15) is 24.8 Å². The first-order chi connectivity index (χ1) is 7.15. The maximum absolute atomic E-state index is 13.0. The number of hydrogen-bond acceptors (Lipinski definition) is 1. The third-order valence-corrected chi connectivity index (χ3v) is 3.07. The van der Waals surface area contributed by atoms with Gasteiger partial charge >= 0.3 is 0 Å². The van der Waals surface area contributed by atoms with Crippen molar-refractivity contribution in [2.45, 2.75) is 25.7 Å². The van der Waals surface area contributed by atoms with Crippen molar-refractivity contribution >= 4 is 21.7 Å². The smallest absolute Gasteiger partial charge is 0.136 e.